The molecule has 6 aromatic carbocycles. The number of anilines is 4. The summed E-state index contributed by atoms with van der Waals surface area (Å²) in [6.45, 7) is 0. The fraction of sp³-hybridized carbons (Fsp3) is 0. The highest BCUT2D eigenvalue weighted by Gasteiger charge is 2.06. The van der Waals surface area contributed by atoms with Crippen LogP contribution in [0.1, 0.15) is 0 Å². The molecule has 0 saturated carbocycles. The van der Waals surface area contributed by atoms with Gasteiger partial charge < -0.3 is 10.6 Å². The zero-order chi connectivity index (χ0) is 22.7. The van der Waals surface area contributed by atoms with Gasteiger partial charge >= 0.3 is 0 Å². The van der Waals surface area contributed by atoms with Crippen LogP contribution in [0.2, 0.25) is 0 Å². The average Bonchev–Trinajstić information content (AvgIpc) is 2.90. The van der Waals surface area contributed by atoms with E-state index in [1.54, 1.807) is 0 Å². The van der Waals surface area contributed by atoms with Gasteiger partial charge in [-0.2, -0.15) is 0 Å². The Morgan fingerprint density at radius 2 is 1.03 bits per heavy atom. The third-order valence-electron chi connectivity index (χ3n) is 6.21. The number of para-hydroxylation sites is 2. The molecule has 0 heterocycles. The SMILES string of the molecule is c1ccc(Nc2ccccc2-c2ccc(Nc3ccc4c(ccc5ccccc54)c3)cc2)cc1. The molecule has 0 aliphatic heterocycles. The Balaban J connectivity index is 1.26. The van der Waals surface area contributed by atoms with E-state index in [-0.39, 0.29) is 0 Å². The van der Waals surface area contributed by atoms with Gasteiger partial charge in [-0.15, -0.1) is 0 Å². The number of fused-ring (bicyclic) bond motifs is 3. The minimum absolute atomic E-state index is 1.07. The first-order valence-electron chi connectivity index (χ1n) is 11.5. The van der Waals surface area contributed by atoms with Crippen LogP contribution in [0.5, 0.6) is 0 Å². The summed E-state index contributed by atoms with van der Waals surface area (Å²) in [6, 6.07) is 46.8. The monoisotopic (exact) mass is 436 g/mol. The molecule has 0 saturated heterocycles. The maximum absolute atomic E-state index is 3.56. The molecule has 0 aromatic heterocycles. The van der Waals surface area contributed by atoms with E-state index in [1.165, 1.54) is 32.7 Å². The Morgan fingerprint density at radius 3 is 1.91 bits per heavy atom. The van der Waals surface area contributed by atoms with E-state index in [1.807, 2.05) is 18.2 Å². The minimum atomic E-state index is 1.07. The standard InChI is InChI=1S/C32H24N2/c1-2-9-26(10-3-1)34-32-13-7-6-12-31(32)24-16-18-27(19-17-24)33-28-20-21-30-25(22-28)15-14-23-8-4-5-11-29(23)30/h1-22,33-34H. The molecular formula is C32H24N2. The maximum Gasteiger partial charge on any atom is 0.0463 e. The molecule has 34 heavy (non-hydrogen) atoms. The molecule has 2 N–H and O–H groups in total. The minimum Gasteiger partial charge on any atom is -0.356 e. The van der Waals surface area contributed by atoms with E-state index in [0.29, 0.717) is 0 Å². The predicted molar refractivity (Wildman–Crippen MR) is 146 cm³/mol. The van der Waals surface area contributed by atoms with Crippen molar-refractivity contribution < 1.29 is 0 Å². The van der Waals surface area contributed by atoms with Gasteiger partial charge in [0, 0.05) is 28.3 Å². The van der Waals surface area contributed by atoms with Gasteiger partial charge in [-0.1, -0.05) is 91.0 Å². The maximum atomic E-state index is 3.56. The highest BCUT2D eigenvalue weighted by molar-refractivity contribution is 6.08. The van der Waals surface area contributed by atoms with Gasteiger partial charge in [-0.05, 0) is 69.6 Å². The zero-order valence-electron chi connectivity index (χ0n) is 18.7. The third-order valence-corrected chi connectivity index (χ3v) is 6.21. The van der Waals surface area contributed by atoms with Gasteiger partial charge in [0.25, 0.3) is 0 Å². The normalized spacial score (nSPS) is 10.9. The average molecular weight is 437 g/mol. The van der Waals surface area contributed by atoms with Crippen LogP contribution in [-0.4, -0.2) is 0 Å². The summed E-state index contributed by atoms with van der Waals surface area (Å²) in [5.41, 5.74) is 6.68. The first kappa shape index (κ1) is 20.1. The lowest BCUT2D eigenvalue weighted by Crippen LogP contribution is -1.94. The van der Waals surface area contributed by atoms with Gasteiger partial charge in [0.05, 0.1) is 0 Å². The van der Waals surface area contributed by atoms with Crippen LogP contribution < -0.4 is 10.6 Å². The predicted octanol–water partition coefficient (Wildman–Crippen LogP) is 9.15. The molecule has 0 atom stereocenters. The number of nitrogens with one attached hydrogen (secondary N) is 2. The smallest absolute Gasteiger partial charge is 0.0463 e. The van der Waals surface area contributed by atoms with Gasteiger partial charge in [-0.3, -0.25) is 0 Å². The first-order chi connectivity index (χ1) is 16.8. The largest absolute Gasteiger partial charge is 0.356 e. The molecule has 0 amide bonds. The molecule has 2 heteroatoms. The van der Waals surface area contributed by atoms with Crippen LogP contribution >= 0.6 is 0 Å². The fourth-order valence-electron chi connectivity index (χ4n) is 4.51. The summed E-state index contributed by atoms with van der Waals surface area (Å²) < 4.78 is 0. The zero-order valence-corrected chi connectivity index (χ0v) is 18.7. The molecule has 0 spiro atoms. The second kappa shape index (κ2) is 8.76. The molecule has 162 valence electrons. The van der Waals surface area contributed by atoms with Crippen molar-refractivity contribution in [3.05, 3.63) is 133 Å². The van der Waals surface area contributed by atoms with Gasteiger partial charge in [0.15, 0.2) is 0 Å². The Morgan fingerprint density at radius 1 is 0.382 bits per heavy atom. The molecule has 6 rings (SSSR count). The topological polar surface area (TPSA) is 24.1 Å². The summed E-state index contributed by atoms with van der Waals surface area (Å²) in [5, 5.41) is 12.2. The lowest BCUT2D eigenvalue weighted by atomic mass is 10.0. The molecule has 6 aromatic rings. The Labute approximate surface area is 199 Å². The van der Waals surface area contributed by atoms with E-state index in [0.717, 1.165) is 22.7 Å². The fourth-order valence-corrected chi connectivity index (χ4v) is 4.51. The Kier molecular flexibility index (Phi) is 5.17. The molecule has 0 aliphatic carbocycles. The lowest BCUT2D eigenvalue weighted by molar-refractivity contribution is 1.52. The highest BCUT2D eigenvalue weighted by Crippen LogP contribution is 2.32. The molecule has 2 nitrogen and oxygen atoms in total. The van der Waals surface area contributed by atoms with Crippen molar-refractivity contribution in [2.75, 3.05) is 10.6 Å². The molecular weight excluding hydrogens is 412 g/mol. The lowest BCUT2D eigenvalue weighted by Gasteiger charge is -2.13. The molecule has 0 aliphatic rings. The van der Waals surface area contributed by atoms with Gasteiger partial charge in [-0.25, -0.2) is 0 Å². The van der Waals surface area contributed by atoms with Crippen molar-refractivity contribution in [3.63, 3.8) is 0 Å². The van der Waals surface area contributed by atoms with Crippen LogP contribution in [0.3, 0.4) is 0 Å². The van der Waals surface area contributed by atoms with Crippen LogP contribution in [0, 0.1) is 0 Å². The van der Waals surface area contributed by atoms with Crippen molar-refractivity contribution in [1.29, 1.82) is 0 Å². The van der Waals surface area contributed by atoms with E-state index in [9.17, 15) is 0 Å². The Hall–Kier alpha value is -4.56. The van der Waals surface area contributed by atoms with Crippen molar-refractivity contribution in [1.82, 2.24) is 0 Å². The second-order valence-electron chi connectivity index (χ2n) is 8.46. The van der Waals surface area contributed by atoms with Crippen LogP contribution in [0.25, 0.3) is 32.7 Å². The molecule has 0 fully saturated rings. The van der Waals surface area contributed by atoms with Crippen LogP contribution in [0.4, 0.5) is 22.7 Å². The molecule has 0 bridgehead atoms. The summed E-state index contributed by atoms with van der Waals surface area (Å²) in [4.78, 5) is 0. The van der Waals surface area contributed by atoms with Gasteiger partial charge in [0.2, 0.25) is 0 Å². The highest BCUT2D eigenvalue weighted by atomic mass is 14.9. The van der Waals surface area contributed by atoms with E-state index in [2.05, 4.69) is 126 Å². The van der Waals surface area contributed by atoms with Gasteiger partial charge in [0.1, 0.15) is 0 Å². The third kappa shape index (κ3) is 3.98. The second-order valence-corrected chi connectivity index (χ2v) is 8.46. The van der Waals surface area contributed by atoms with Crippen molar-refractivity contribution in [2.24, 2.45) is 0 Å². The number of hydrogen-bond acceptors (Lipinski definition) is 2. The van der Waals surface area contributed by atoms with Crippen LogP contribution in [-0.2, 0) is 0 Å². The summed E-state index contributed by atoms with van der Waals surface area (Å²) in [7, 11) is 0. The summed E-state index contributed by atoms with van der Waals surface area (Å²) >= 11 is 0. The van der Waals surface area contributed by atoms with E-state index < -0.39 is 0 Å². The number of rotatable bonds is 5. The first-order valence-corrected chi connectivity index (χ1v) is 11.5. The van der Waals surface area contributed by atoms with Crippen molar-refractivity contribution in [2.45, 2.75) is 0 Å². The quantitative estimate of drug-likeness (QED) is 0.263. The van der Waals surface area contributed by atoms with Crippen molar-refractivity contribution in [3.8, 4) is 11.1 Å². The number of benzene rings is 6. The summed E-state index contributed by atoms with van der Waals surface area (Å²) in [5.74, 6) is 0. The van der Waals surface area contributed by atoms with E-state index in [4.69, 9.17) is 0 Å². The number of hydrogen-bond donors (Lipinski definition) is 2. The van der Waals surface area contributed by atoms with Crippen LogP contribution in [0.15, 0.2) is 133 Å². The van der Waals surface area contributed by atoms with Crippen molar-refractivity contribution >= 4 is 44.3 Å². The Bertz CT molecular complexity index is 1590. The molecule has 0 unspecified atom stereocenters. The molecule has 0 radical (unpaired) electrons. The van der Waals surface area contributed by atoms with E-state index >= 15 is 0 Å². The summed E-state index contributed by atoms with van der Waals surface area (Å²) in [6.07, 6.45) is 0.